The van der Waals surface area contributed by atoms with Gasteiger partial charge in [-0.25, -0.2) is 18.7 Å². The molecule has 3 heterocycles. The molecule has 0 aliphatic carbocycles. The number of anilines is 1. The van der Waals surface area contributed by atoms with Crippen molar-refractivity contribution in [3.05, 3.63) is 70.4 Å². The minimum absolute atomic E-state index is 0.0179. The van der Waals surface area contributed by atoms with Crippen LogP contribution >= 0.6 is 0 Å². The molecule has 0 saturated carbocycles. The minimum atomic E-state index is -1.65. The molecule has 2 aromatic heterocycles. The van der Waals surface area contributed by atoms with Gasteiger partial charge in [0.15, 0.2) is 11.6 Å². The number of aliphatic hydroxyl groups is 1. The Kier molecular flexibility index (Phi) is 5.40. The molecular formula is C21H22F2N6O2. The van der Waals surface area contributed by atoms with E-state index in [0.717, 1.165) is 23.6 Å². The number of benzene rings is 1. The first-order valence-electron chi connectivity index (χ1n) is 9.81. The average Bonchev–Trinajstić information content (AvgIpc) is 3.23. The number of carbonyl (C=O) groups excluding carboxylic acids is 1. The number of rotatable bonds is 6. The third-order valence-electron chi connectivity index (χ3n) is 5.49. The number of carbonyl (C=O) groups is 1. The van der Waals surface area contributed by atoms with Crippen LogP contribution in [0.5, 0.6) is 0 Å². The molecule has 0 unspecified atom stereocenters. The van der Waals surface area contributed by atoms with E-state index in [1.54, 1.807) is 19.3 Å². The zero-order chi connectivity index (χ0) is 22.2. The fourth-order valence-corrected chi connectivity index (χ4v) is 3.54. The van der Waals surface area contributed by atoms with Crippen molar-refractivity contribution < 1.29 is 18.7 Å². The van der Waals surface area contributed by atoms with Crippen LogP contribution in [0, 0.1) is 25.5 Å². The summed E-state index contributed by atoms with van der Waals surface area (Å²) < 4.78 is 27.6. The Labute approximate surface area is 177 Å². The van der Waals surface area contributed by atoms with Gasteiger partial charge in [0.25, 0.3) is 5.91 Å². The lowest BCUT2D eigenvalue weighted by molar-refractivity contribution is -0.0890. The highest BCUT2D eigenvalue weighted by molar-refractivity contribution is 5.92. The standard InChI is InChI=1S/C21H22F2N6O2/c1-12-13(2)27-19(28-18(12)24-7-6-14-8-25-26-9-14)20(30)29-10-21(31,11-29)15-4-3-5-16(22)17(15)23/h3-5,8-9,31H,6-7,10-11H2,1-2H3,(H,25,26)(H,24,27,28). The van der Waals surface area contributed by atoms with Crippen LogP contribution < -0.4 is 5.32 Å². The maximum atomic E-state index is 14.1. The summed E-state index contributed by atoms with van der Waals surface area (Å²) in [6.07, 6.45) is 4.27. The number of nitrogens with zero attached hydrogens (tertiary/aromatic N) is 4. The van der Waals surface area contributed by atoms with Gasteiger partial charge >= 0.3 is 0 Å². The molecule has 1 aliphatic heterocycles. The van der Waals surface area contributed by atoms with Crippen molar-refractivity contribution in [2.24, 2.45) is 0 Å². The Morgan fingerprint density at radius 1 is 1.29 bits per heavy atom. The summed E-state index contributed by atoms with van der Waals surface area (Å²) >= 11 is 0. The number of likely N-dealkylation sites (tertiary alicyclic amines) is 1. The van der Waals surface area contributed by atoms with Gasteiger partial charge in [0.05, 0.1) is 19.3 Å². The molecule has 8 nitrogen and oxygen atoms in total. The fourth-order valence-electron chi connectivity index (χ4n) is 3.54. The third-order valence-corrected chi connectivity index (χ3v) is 5.49. The van der Waals surface area contributed by atoms with Crippen LogP contribution in [0.3, 0.4) is 0 Å². The summed E-state index contributed by atoms with van der Waals surface area (Å²) in [6.45, 7) is 3.88. The van der Waals surface area contributed by atoms with Crippen molar-refractivity contribution in [2.75, 3.05) is 25.0 Å². The topological polar surface area (TPSA) is 107 Å². The molecule has 3 N–H and O–H groups in total. The molecule has 0 atom stereocenters. The van der Waals surface area contributed by atoms with Gasteiger partial charge in [0, 0.05) is 29.6 Å². The highest BCUT2D eigenvalue weighted by Crippen LogP contribution is 2.35. The zero-order valence-electron chi connectivity index (χ0n) is 17.1. The van der Waals surface area contributed by atoms with Gasteiger partial charge in [-0.15, -0.1) is 0 Å². The predicted molar refractivity (Wildman–Crippen MR) is 108 cm³/mol. The summed E-state index contributed by atoms with van der Waals surface area (Å²) in [4.78, 5) is 22.8. The van der Waals surface area contributed by atoms with Gasteiger partial charge in [0.2, 0.25) is 5.82 Å². The Hall–Kier alpha value is -3.40. The quantitative estimate of drug-likeness (QED) is 0.555. The van der Waals surface area contributed by atoms with E-state index in [-0.39, 0.29) is 24.5 Å². The lowest BCUT2D eigenvalue weighted by atomic mass is 9.85. The van der Waals surface area contributed by atoms with Crippen LogP contribution in [0.2, 0.25) is 0 Å². The molecular weight excluding hydrogens is 406 g/mol. The van der Waals surface area contributed by atoms with Crippen LogP contribution in [-0.4, -0.2) is 55.7 Å². The molecule has 0 bridgehead atoms. The van der Waals surface area contributed by atoms with E-state index in [1.807, 2.05) is 6.92 Å². The summed E-state index contributed by atoms with van der Waals surface area (Å²) in [5, 5.41) is 20.5. The van der Waals surface area contributed by atoms with Gasteiger partial charge in [-0.3, -0.25) is 9.89 Å². The Balaban J connectivity index is 1.46. The maximum absolute atomic E-state index is 14.1. The number of nitrogens with one attached hydrogen (secondary N) is 2. The van der Waals surface area contributed by atoms with E-state index in [9.17, 15) is 18.7 Å². The Morgan fingerprint density at radius 2 is 2.06 bits per heavy atom. The number of β-amino-alcohol motifs (C(OH)–C–C–N with tert-alkyl or cyclic N) is 1. The number of halogens is 2. The number of hydrogen-bond donors (Lipinski definition) is 3. The second kappa shape index (κ2) is 8.03. The maximum Gasteiger partial charge on any atom is 0.291 e. The molecule has 0 radical (unpaired) electrons. The van der Waals surface area contributed by atoms with Gasteiger partial charge in [-0.05, 0) is 31.9 Å². The monoisotopic (exact) mass is 428 g/mol. The number of aryl methyl sites for hydroxylation is 1. The van der Waals surface area contributed by atoms with Gasteiger partial charge < -0.3 is 15.3 Å². The van der Waals surface area contributed by atoms with Crippen LogP contribution in [0.15, 0.2) is 30.6 Å². The van der Waals surface area contributed by atoms with Crippen molar-refractivity contribution in [1.29, 1.82) is 0 Å². The second-order valence-electron chi connectivity index (χ2n) is 7.68. The summed E-state index contributed by atoms with van der Waals surface area (Å²) in [5.41, 5.74) is 0.699. The molecule has 1 aromatic carbocycles. The van der Waals surface area contributed by atoms with E-state index in [2.05, 4.69) is 25.5 Å². The molecule has 3 aromatic rings. The van der Waals surface area contributed by atoms with Crippen LogP contribution in [-0.2, 0) is 12.0 Å². The molecule has 31 heavy (non-hydrogen) atoms. The Morgan fingerprint density at radius 3 is 2.77 bits per heavy atom. The van der Waals surface area contributed by atoms with E-state index in [0.29, 0.717) is 18.1 Å². The summed E-state index contributed by atoms with van der Waals surface area (Å²) in [7, 11) is 0. The van der Waals surface area contributed by atoms with Gasteiger partial charge in [-0.2, -0.15) is 5.10 Å². The summed E-state index contributed by atoms with van der Waals surface area (Å²) in [5.74, 6) is -2.10. The first kappa shape index (κ1) is 20.9. The number of hydrogen-bond acceptors (Lipinski definition) is 6. The van der Waals surface area contributed by atoms with Gasteiger partial charge in [0.1, 0.15) is 11.4 Å². The molecule has 10 heteroatoms. The van der Waals surface area contributed by atoms with Crippen LogP contribution in [0.4, 0.5) is 14.6 Å². The molecule has 1 saturated heterocycles. The lowest BCUT2D eigenvalue weighted by Crippen LogP contribution is -2.61. The van der Waals surface area contributed by atoms with E-state index >= 15 is 0 Å². The first-order chi connectivity index (χ1) is 14.8. The van der Waals surface area contributed by atoms with E-state index < -0.39 is 23.1 Å². The van der Waals surface area contributed by atoms with Crippen molar-refractivity contribution in [3.8, 4) is 0 Å². The number of amides is 1. The Bertz CT molecular complexity index is 1110. The molecule has 4 rings (SSSR count). The highest BCUT2D eigenvalue weighted by Gasteiger charge is 2.47. The number of aromatic amines is 1. The average molecular weight is 428 g/mol. The lowest BCUT2D eigenvalue weighted by Gasteiger charge is -2.46. The highest BCUT2D eigenvalue weighted by atomic mass is 19.2. The van der Waals surface area contributed by atoms with Crippen LogP contribution in [0.1, 0.15) is 33.0 Å². The number of H-pyrrole nitrogens is 1. The smallest absolute Gasteiger partial charge is 0.291 e. The predicted octanol–water partition coefficient (Wildman–Crippen LogP) is 2.09. The third kappa shape index (κ3) is 3.98. The normalized spacial score (nSPS) is 14.9. The molecule has 1 fully saturated rings. The van der Waals surface area contributed by atoms with Crippen LogP contribution in [0.25, 0.3) is 0 Å². The molecule has 0 spiro atoms. The molecule has 1 aliphatic rings. The SMILES string of the molecule is Cc1nc(C(=O)N2CC(O)(c3cccc(F)c3F)C2)nc(NCCc2cn[nH]c2)c1C. The number of aromatic nitrogens is 4. The first-order valence-corrected chi connectivity index (χ1v) is 9.81. The van der Waals surface area contributed by atoms with Crippen molar-refractivity contribution >= 4 is 11.7 Å². The second-order valence-corrected chi connectivity index (χ2v) is 7.68. The summed E-state index contributed by atoms with van der Waals surface area (Å²) in [6, 6.07) is 3.62. The van der Waals surface area contributed by atoms with E-state index in [1.165, 1.54) is 17.0 Å². The zero-order valence-corrected chi connectivity index (χ0v) is 17.1. The minimum Gasteiger partial charge on any atom is -0.381 e. The van der Waals surface area contributed by atoms with Crippen molar-refractivity contribution in [2.45, 2.75) is 25.9 Å². The largest absolute Gasteiger partial charge is 0.381 e. The van der Waals surface area contributed by atoms with Crippen molar-refractivity contribution in [3.63, 3.8) is 0 Å². The van der Waals surface area contributed by atoms with Gasteiger partial charge in [-0.1, -0.05) is 12.1 Å². The fraction of sp³-hybridized carbons (Fsp3) is 0.333. The van der Waals surface area contributed by atoms with Crippen molar-refractivity contribution in [1.82, 2.24) is 25.1 Å². The molecule has 1 amide bonds. The van der Waals surface area contributed by atoms with E-state index in [4.69, 9.17) is 0 Å². The molecule has 162 valence electrons.